The first-order valence-electron chi connectivity index (χ1n) is 4.77. The van der Waals surface area contributed by atoms with E-state index in [9.17, 15) is 14.4 Å². The predicted octanol–water partition coefficient (Wildman–Crippen LogP) is 0.514. The minimum Gasteiger partial charge on any atom is -0.502 e. The molecule has 0 aromatic carbocycles. The fraction of sp³-hybridized carbons (Fsp3) is 0.500. The van der Waals surface area contributed by atoms with Gasteiger partial charge in [-0.3, -0.25) is 9.59 Å². The fourth-order valence-electron chi connectivity index (χ4n) is 0.822. The summed E-state index contributed by atoms with van der Waals surface area (Å²) in [5.41, 5.74) is 0. The highest BCUT2D eigenvalue weighted by molar-refractivity contribution is 6.05. The molecule has 0 radical (unpaired) electrons. The van der Waals surface area contributed by atoms with Crippen molar-refractivity contribution in [2.24, 2.45) is 0 Å². The highest BCUT2D eigenvalue weighted by Crippen LogP contribution is 1.97. The summed E-state index contributed by atoms with van der Waals surface area (Å²) in [6.45, 7) is 3.42. The molecule has 0 rings (SSSR count). The quantitative estimate of drug-likeness (QED) is 0.309. The van der Waals surface area contributed by atoms with E-state index in [1.54, 1.807) is 13.8 Å². The van der Waals surface area contributed by atoms with Crippen LogP contribution in [-0.4, -0.2) is 36.0 Å². The normalized spacial score (nSPS) is 10.8. The van der Waals surface area contributed by atoms with E-state index in [4.69, 9.17) is 5.11 Å². The lowest BCUT2D eigenvalue weighted by atomic mass is 10.2. The molecule has 6 nitrogen and oxygen atoms in total. The number of hydrogen-bond donors (Lipinski definition) is 1. The molecular formula is C10H14O6. The first-order valence-corrected chi connectivity index (χ1v) is 4.77. The molecule has 0 bridgehead atoms. The molecule has 0 unspecified atom stereocenters. The van der Waals surface area contributed by atoms with Gasteiger partial charge < -0.3 is 14.6 Å². The Morgan fingerprint density at radius 3 is 2.19 bits per heavy atom. The Kier molecular flexibility index (Phi) is 6.58. The number of rotatable bonds is 6. The molecule has 0 aliphatic heterocycles. The largest absolute Gasteiger partial charge is 0.502 e. The molecule has 0 spiro atoms. The van der Waals surface area contributed by atoms with Gasteiger partial charge in [0.1, 0.15) is 6.42 Å². The minimum atomic E-state index is -1.00. The molecule has 0 atom stereocenters. The Bertz CT molecular complexity index is 304. The number of aliphatic hydroxyl groups excluding tert-OH is 1. The number of carbonyl (C=O) groups excluding carboxylic acids is 3. The summed E-state index contributed by atoms with van der Waals surface area (Å²) >= 11 is 0. The third kappa shape index (κ3) is 5.79. The van der Waals surface area contributed by atoms with E-state index in [1.807, 2.05) is 0 Å². The maximum Gasteiger partial charge on any atom is 0.373 e. The van der Waals surface area contributed by atoms with Crippen molar-refractivity contribution in [3.8, 4) is 0 Å². The number of hydrogen-bond acceptors (Lipinski definition) is 6. The van der Waals surface area contributed by atoms with Crippen LogP contribution in [0.2, 0.25) is 0 Å². The van der Waals surface area contributed by atoms with E-state index in [1.165, 1.54) is 0 Å². The molecule has 0 aliphatic carbocycles. The van der Waals surface area contributed by atoms with Crippen LogP contribution in [0.1, 0.15) is 20.3 Å². The van der Waals surface area contributed by atoms with Crippen molar-refractivity contribution in [3.05, 3.63) is 11.8 Å². The summed E-state index contributed by atoms with van der Waals surface area (Å²) in [4.78, 5) is 32.8. The van der Waals surface area contributed by atoms with Gasteiger partial charge in [0.05, 0.1) is 13.2 Å². The Morgan fingerprint density at radius 1 is 1.12 bits per heavy atom. The summed E-state index contributed by atoms with van der Waals surface area (Å²) in [6.07, 6.45) is 0.131. The van der Waals surface area contributed by atoms with Crippen LogP contribution in [0.4, 0.5) is 0 Å². The minimum absolute atomic E-state index is 0.0861. The summed E-state index contributed by atoms with van der Waals surface area (Å²) in [6, 6.07) is 0. The van der Waals surface area contributed by atoms with Gasteiger partial charge in [-0.15, -0.1) is 0 Å². The molecule has 6 heteroatoms. The average Bonchev–Trinajstić information content (AvgIpc) is 2.17. The zero-order chi connectivity index (χ0) is 12.6. The lowest BCUT2D eigenvalue weighted by Gasteiger charge is -2.00. The van der Waals surface area contributed by atoms with Gasteiger partial charge in [-0.2, -0.15) is 0 Å². The second-order valence-corrected chi connectivity index (χ2v) is 2.70. The highest BCUT2D eigenvalue weighted by Gasteiger charge is 2.13. The SMILES string of the molecule is CCOC(=O)CC(=O)/C=C(\O)C(=O)OCC. The first-order chi connectivity index (χ1) is 7.51. The van der Waals surface area contributed by atoms with Crippen molar-refractivity contribution in [1.82, 2.24) is 0 Å². The highest BCUT2D eigenvalue weighted by atomic mass is 16.5. The molecule has 0 saturated carbocycles. The number of aliphatic hydroxyl groups is 1. The Hall–Kier alpha value is -1.85. The molecule has 0 aromatic heterocycles. The molecule has 90 valence electrons. The van der Waals surface area contributed by atoms with Crippen molar-refractivity contribution in [2.45, 2.75) is 20.3 Å². The third-order valence-corrected chi connectivity index (χ3v) is 1.41. The van der Waals surface area contributed by atoms with Crippen LogP contribution < -0.4 is 0 Å². The average molecular weight is 230 g/mol. The van der Waals surface area contributed by atoms with Gasteiger partial charge in [-0.1, -0.05) is 0 Å². The Balaban J connectivity index is 4.25. The van der Waals surface area contributed by atoms with Crippen LogP contribution in [0.5, 0.6) is 0 Å². The first kappa shape index (κ1) is 14.2. The molecule has 0 aliphatic rings. The van der Waals surface area contributed by atoms with Gasteiger partial charge in [-0.25, -0.2) is 4.79 Å². The van der Waals surface area contributed by atoms with E-state index in [2.05, 4.69) is 9.47 Å². The van der Waals surface area contributed by atoms with Gasteiger partial charge in [0.15, 0.2) is 5.78 Å². The van der Waals surface area contributed by atoms with Crippen LogP contribution in [0, 0.1) is 0 Å². The van der Waals surface area contributed by atoms with Crippen molar-refractivity contribution in [3.63, 3.8) is 0 Å². The van der Waals surface area contributed by atoms with Crippen LogP contribution in [-0.2, 0) is 23.9 Å². The zero-order valence-electron chi connectivity index (χ0n) is 9.19. The zero-order valence-corrected chi connectivity index (χ0v) is 9.19. The van der Waals surface area contributed by atoms with E-state index < -0.39 is 29.9 Å². The van der Waals surface area contributed by atoms with Crippen LogP contribution >= 0.6 is 0 Å². The summed E-state index contributed by atoms with van der Waals surface area (Å²) in [5, 5.41) is 9.08. The van der Waals surface area contributed by atoms with Gasteiger partial charge in [-0.05, 0) is 13.8 Å². The molecule has 16 heavy (non-hydrogen) atoms. The van der Waals surface area contributed by atoms with Crippen molar-refractivity contribution in [1.29, 1.82) is 0 Å². The number of allylic oxidation sites excluding steroid dienone is 1. The Morgan fingerprint density at radius 2 is 1.69 bits per heavy atom. The lowest BCUT2D eigenvalue weighted by Crippen LogP contribution is -2.12. The summed E-state index contributed by atoms with van der Waals surface area (Å²) in [5.74, 6) is -3.25. The molecule has 0 fully saturated rings. The summed E-state index contributed by atoms with van der Waals surface area (Å²) in [7, 11) is 0. The maximum atomic E-state index is 11.1. The van der Waals surface area contributed by atoms with E-state index in [-0.39, 0.29) is 13.2 Å². The predicted molar refractivity (Wildman–Crippen MR) is 53.6 cm³/mol. The smallest absolute Gasteiger partial charge is 0.373 e. The number of ketones is 1. The number of carbonyl (C=O) groups is 3. The topological polar surface area (TPSA) is 89.9 Å². The fourth-order valence-corrected chi connectivity index (χ4v) is 0.822. The van der Waals surface area contributed by atoms with Crippen molar-refractivity contribution < 1.29 is 29.0 Å². The van der Waals surface area contributed by atoms with Gasteiger partial charge in [0.25, 0.3) is 0 Å². The second kappa shape index (κ2) is 7.44. The second-order valence-electron chi connectivity index (χ2n) is 2.70. The number of ether oxygens (including phenoxy) is 2. The number of esters is 2. The monoisotopic (exact) mass is 230 g/mol. The molecule has 0 saturated heterocycles. The van der Waals surface area contributed by atoms with Gasteiger partial charge in [0, 0.05) is 6.08 Å². The molecular weight excluding hydrogens is 216 g/mol. The van der Waals surface area contributed by atoms with E-state index in [0.29, 0.717) is 6.08 Å². The molecule has 0 heterocycles. The molecule has 0 amide bonds. The van der Waals surface area contributed by atoms with Crippen molar-refractivity contribution in [2.75, 3.05) is 13.2 Å². The maximum absolute atomic E-state index is 11.1. The van der Waals surface area contributed by atoms with E-state index >= 15 is 0 Å². The summed E-state index contributed by atoms with van der Waals surface area (Å²) < 4.78 is 8.95. The van der Waals surface area contributed by atoms with E-state index in [0.717, 1.165) is 0 Å². The van der Waals surface area contributed by atoms with Crippen LogP contribution in [0.15, 0.2) is 11.8 Å². The third-order valence-electron chi connectivity index (χ3n) is 1.41. The Labute approximate surface area is 92.8 Å². The van der Waals surface area contributed by atoms with Crippen molar-refractivity contribution >= 4 is 17.7 Å². The van der Waals surface area contributed by atoms with Crippen LogP contribution in [0.3, 0.4) is 0 Å². The van der Waals surface area contributed by atoms with Crippen LogP contribution in [0.25, 0.3) is 0 Å². The van der Waals surface area contributed by atoms with Gasteiger partial charge >= 0.3 is 11.9 Å². The lowest BCUT2D eigenvalue weighted by molar-refractivity contribution is -0.145. The standard InChI is InChI=1S/C10H14O6/c1-3-15-9(13)6-7(11)5-8(12)10(14)16-4-2/h5,12H,3-4,6H2,1-2H3/b8-5-. The van der Waals surface area contributed by atoms with Gasteiger partial charge in [0.2, 0.25) is 5.76 Å². The molecule has 0 aromatic rings. The molecule has 1 N–H and O–H groups in total.